The van der Waals surface area contributed by atoms with Gasteiger partial charge >= 0.3 is 0 Å². The van der Waals surface area contributed by atoms with E-state index >= 15 is 0 Å². The zero-order valence-electron chi connectivity index (χ0n) is 11.5. The molecule has 0 radical (unpaired) electrons. The maximum absolute atomic E-state index is 12.2. The first kappa shape index (κ1) is 14.7. The number of nitrogens with zero attached hydrogens (tertiary/aromatic N) is 2. The van der Waals surface area contributed by atoms with E-state index in [1.165, 1.54) is 30.6 Å². The van der Waals surface area contributed by atoms with Gasteiger partial charge in [-0.25, -0.2) is 4.98 Å². The van der Waals surface area contributed by atoms with Crippen molar-refractivity contribution in [3.63, 3.8) is 0 Å². The number of aromatic nitrogens is 1. The van der Waals surface area contributed by atoms with Gasteiger partial charge in [0.1, 0.15) is 0 Å². The van der Waals surface area contributed by atoms with Crippen LogP contribution in [0.3, 0.4) is 0 Å². The van der Waals surface area contributed by atoms with Gasteiger partial charge in [-0.2, -0.15) is 0 Å². The second-order valence-electron chi connectivity index (χ2n) is 5.01. The largest absolute Gasteiger partial charge is 0.375 e. The predicted molar refractivity (Wildman–Crippen MR) is 81.6 cm³/mol. The van der Waals surface area contributed by atoms with Crippen molar-refractivity contribution in [2.75, 3.05) is 18.5 Å². The van der Waals surface area contributed by atoms with Gasteiger partial charge in [-0.15, -0.1) is 11.8 Å². The van der Waals surface area contributed by atoms with Gasteiger partial charge in [-0.05, 0) is 19.8 Å². The Bertz CT molecular complexity index is 441. The zero-order chi connectivity index (χ0) is 13.8. The molecular weight excluding hydrogens is 278 g/mol. The normalized spacial score (nSPS) is 16.5. The highest BCUT2D eigenvalue weighted by molar-refractivity contribution is 8.01. The van der Waals surface area contributed by atoms with E-state index in [0.717, 1.165) is 22.7 Å². The van der Waals surface area contributed by atoms with E-state index in [0.29, 0.717) is 16.9 Å². The summed E-state index contributed by atoms with van der Waals surface area (Å²) in [5.41, 5.74) is 6.59. The van der Waals surface area contributed by atoms with Crippen LogP contribution in [0.25, 0.3) is 0 Å². The van der Waals surface area contributed by atoms with Gasteiger partial charge < -0.3 is 10.6 Å². The summed E-state index contributed by atoms with van der Waals surface area (Å²) in [4.78, 5) is 18.3. The van der Waals surface area contributed by atoms with E-state index in [-0.39, 0.29) is 5.91 Å². The number of nitrogen functional groups attached to an aromatic ring is 1. The molecule has 1 saturated carbocycles. The van der Waals surface area contributed by atoms with Crippen molar-refractivity contribution < 1.29 is 4.79 Å². The smallest absolute Gasteiger partial charge is 0.232 e. The second-order valence-corrected chi connectivity index (χ2v) is 7.28. The van der Waals surface area contributed by atoms with Crippen molar-refractivity contribution in [3.8, 4) is 0 Å². The minimum Gasteiger partial charge on any atom is -0.375 e. The standard InChI is InChI=1S/C13H21N3OS2/c1-9-12(19-13(14)15-9)18-8-11(17)16(2)10-6-4-3-5-7-10/h10H,3-8H2,1-2H3,(H2,14,15). The summed E-state index contributed by atoms with van der Waals surface area (Å²) in [7, 11) is 1.94. The Morgan fingerprint density at radius 1 is 1.47 bits per heavy atom. The van der Waals surface area contributed by atoms with E-state index in [1.807, 2.05) is 18.9 Å². The summed E-state index contributed by atoms with van der Waals surface area (Å²) in [5.74, 6) is 0.693. The molecule has 106 valence electrons. The molecule has 2 N–H and O–H groups in total. The average Bonchev–Trinajstić information content (AvgIpc) is 2.74. The zero-order valence-corrected chi connectivity index (χ0v) is 13.1. The van der Waals surface area contributed by atoms with Crippen LogP contribution < -0.4 is 5.73 Å². The molecule has 0 aromatic carbocycles. The molecule has 4 nitrogen and oxygen atoms in total. The topological polar surface area (TPSA) is 59.2 Å². The SMILES string of the molecule is Cc1nc(N)sc1SCC(=O)N(C)C1CCCCC1. The lowest BCUT2D eigenvalue weighted by Crippen LogP contribution is -2.39. The lowest BCUT2D eigenvalue weighted by Gasteiger charge is -2.31. The minimum atomic E-state index is 0.211. The molecule has 1 aromatic heterocycles. The number of thiazole rings is 1. The maximum atomic E-state index is 12.2. The maximum Gasteiger partial charge on any atom is 0.232 e. The molecule has 19 heavy (non-hydrogen) atoms. The highest BCUT2D eigenvalue weighted by Crippen LogP contribution is 2.31. The van der Waals surface area contributed by atoms with Gasteiger partial charge in [0.25, 0.3) is 0 Å². The fourth-order valence-electron chi connectivity index (χ4n) is 2.44. The second kappa shape index (κ2) is 6.61. The van der Waals surface area contributed by atoms with E-state index in [9.17, 15) is 4.79 Å². The van der Waals surface area contributed by atoms with Gasteiger partial charge in [0.2, 0.25) is 5.91 Å². The third kappa shape index (κ3) is 3.86. The number of thioether (sulfide) groups is 1. The van der Waals surface area contributed by atoms with Crippen LogP contribution >= 0.6 is 23.1 Å². The molecule has 0 spiro atoms. The van der Waals surface area contributed by atoms with Crippen LogP contribution in [0, 0.1) is 6.92 Å². The van der Waals surface area contributed by atoms with Crippen molar-refractivity contribution in [1.82, 2.24) is 9.88 Å². The summed E-state index contributed by atoms with van der Waals surface area (Å²) in [6.45, 7) is 1.94. The van der Waals surface area contributed by atoms with E-state index < -0.39 is 0 Å². The molecule has 1 aliphatic rings. The number of anilines is 1. The quantitative estimate of drug-likeness (QED) is 0.868. The molecule has 0 unspecified atom stereocenters. The van der Waals surface area contributed by atoms with Gasteiger partial charge in [0.05, 0.1) is 15.7 Å². The summed E-state index contributed by atoms with van der Waals surface area (Å²) in [5, 5.41) is 0.577. The third-order valence-corrected chi connectivity index (χ3v) is 5.95. The Hall–Kier alpha value is -0.750. The molecule has 0 atom stereocenters. The first-order chi connectivity index (χ1) is 9.08. The molecule has 1 heterocycles. The highest BCUT2D eigenvalue weighted by atomic mass is 32.2. The molecule has 0 saturated heterocycles. The molecule has 2 rings (SSSR count). The number of carbonyl (C=O) groups is 1. The van der Waals surface area contributed by atoms with Crippen LogP contribution in [-0.2, 0) is 4.79 Å². The Balaban J connectivity index is 1.85. The Kier molecular flexibility index (Phi) is 5.10. The Labute approximate surface area is 122 Å². The summed E-state index contributed by atoms with van der Waals surface area (Å²) in [6, 6.07) is 0.439. The van der Waals surface area contributed by atoms with E-state index in [4.69, 9.17) is 5.73 Å². The highest BCUT2D eigenvalue weighted by Gasteiger charge is 2.22. The number of hydrogen-bond acceptors (Lipinski definition) is 5. The lowest BCUT2D eigenvalue weighted by atomic mass is 9.94. The van der Waals surface area contributed by atoms with Crippen LogP contribution in [0.2, 0.25) is 0 Å². The van der Waals surface area contributed by atoms with Crippen LogP contribution in [0.4, 0.5) is 5.13 Å². The minimum absolute atomic E-state index is 0.211. The van der Waals surface area contributed by atoms with E-state index in [2.05, 4.69) is 4.98 Å². The summed E-state index contributed by atoms with van der Waals surface area (Å²) < 4.78 is 1.06. The number of carbonyl (C=O) groups excluding carboxylic acids is 1. The molecule has 1 amide bonds. The van der Waals surface area contributed by atoms with Crippen molar-refractivity contribution in [2.24, 2.45) is 0 Å². The molecule has 6 heteroatoms. The number of hydrogen-bond donors (Lipinski definition) is 1. The molecular formula is C13H21N3OS2. The van der Waals surface area contributed by atoms with Gasteiger partial charge in [-0.1, -0.05) is 30.6 Å². The third-order valence-electron chi connectivity index (χ3n) is 3.61. The molecule has 0 aliphatic heterocycles. The number of amides is 1. The Morgan fingerprint density at radius 2 is 2.16 bits per heavy atom. The summed E-state index contributed by atoms with van der Waals surface area (Å²) >= 11 is 3.02. The molecule has 1 aromatic rings. The van der Waals surface area contributed by atoms with Crippen molar-refractivity contribution in [3.05, 3.63) is 5.69 Å². The Morgan fingerprint density at radius 3 is 2.74 bits per heavy atom. The number of rotatable bonds is 4. The summed E-state index contributed by atoms with van der Waals surface area (Å²) in [6.07, 6.45) is 6.12. The molecule has 1 fully saturated rings. The number of nitrogens with two attached hydrogens (primary N) is 1. The molecule has 0 bridgehead atoms. The fraction of sp³-hybridized carbons (Fsp3) is 0.692. The van der Waals surface area contributed by atoms with Crippen LogP contribution in [0.1, 0.15) is 37.8 Å². The monoisotopic (exact) mass is 299 g/mol. The van der Waals surface area contributed by atoms with Gasteiger partial charge in [-0.3, -0.25) is 4.79 Å². The molecule has 1 aliphatic carbocycles. The number of aryl methyl sites for hydroxylation is 1. The van der Waals surface area contributed by atoms with Gasteiger partial charge in [0.15, 0.2) is 5.13 Å². The van der Waals surface area contributed by atoms with Crippen molar-refractivity contribution in [2.45, 2.75) is 49.3 Å². The van der Waals surface area contributed by atoms with Crippen molar-refractivity contribution >= 4 is 34.1 Å². The van der Waals surface area contributed by atoms with Crippen LogP contribution in [0.15, 0.2) is 4.21 Å². The van der Waals surface area contributed by atoms with Crippen LogP contribution in [0.5, 0.6) is 0 Å². The first-order valence-electron chi connectivity index (χ1n) is 6.69. The average molecular weight is 299 g/mol. The van der Waals surface area contributed by atoms with E-state index in [1.54, 1.807) is 11.8 Å². The van der Waals surface area contributed by atoms with Crippen LogP contribution in [-0.4, -0.2) is 34.6 Å². The fourth-order valence-corrected chi connectivity index (χ4v) is 4.38. The van der Waals surface area contributed by atoms with Crippen molar-refractivity contribution in [1.29, 1.82) is 0 Å². The first-order valence-corrected chi connectivity index (χ1v) is 8.49. The van der Waals surface area contributed by atoms with Gasteiger partial charge in [0, 0.05) is 13.1 Å². The predicted octanol–water partition coefficient (Wildman–Crippen LogP) is 2.92. The lowest BCUT2D eigenvalue weighted by molar-refractivity contribution is -0.129.